The fourth-order valence-corrected chi connectivity index (χ4v) is 2.67. The van der Waals surface area contributed by atoms with Gasteiger partial charge in [-0.2, -0.15) is 0 Å². The summed E-state index contributed by atoms with van der Waals surface area (Å²) in [5.74, 6) is 1.22. The number of rotatable bonds is 6. The predicted octanol–water partition coefficient (Wildman–Crippen LogP) is 0.509. The zero-order valence-electron chi connectivity index (χ0n) is 10.5. The molecule has 0 aliphatic heterocycles. The monoisotopic (exact) mass is 292 g/mol. The maximum atomic E-state index is 11.7. The van der Waals surface area contributed by atoms with Crippen LogP contribution in [-0.2, 0) is 20.6 Å². The molecule has 1 N–H and O–H groups in total. The average molecular weight is 292 g/mol. The van der Waals surface area contributed by atoms with E-state index in [1.165, 1.54) is 31.9 Å². The van der Waals surface area contributed by atoms with E-state index >= 15 is 0 Å². The number of carbonyl (C=O) groups excluding carboxylic acids is 1. The Bertz CT molecular complexity index is 508. The highest BCUT2D eigenvalue weighted by molar-refractivity contribution is 7.99. The lowest BCUT2D eigenvalue weighted by molar-refractivity contribution is -0.118. The van der Waals surface area contributed by atoms with Crippen LogP contribution < -0.4 is 5.32 Å². The third-order valence-electron chi connectivity index (χ3n) is 2.13. The number of nitrogens with one attached hydrogen (secondary N) is 1. The third kappa shape index (κ3) is 3.76. The van der Waals surface area contributed by atoms with E-state index in [2.05, 4.69) is 5.32 Å². The molecule has 0 spiro atoms. The molecule has 1 aromatic heterocycles. The Balaban J connectivity index is 2.62. The molecule has 0 saturated heterocycles. The van der Waals surface area contributed by atoms with Crippen molar-refractivity contribution in [1.29, 1.82) is 0 Å². The molecular formula is C10H16N2O4S2. The van der Waals surface area contributed by atoms with Crippen LogP contribution in [0.4, 0.5) is 0 Å². The first-order valence-electron chi connectivity index (χ1n) is 5.17. The highest BCUT2D eigenvalue weighted by Gasteiger charge is 2.21. The van der Waals surface area contributed by atoms with Gasteiger partial charge in [0.2, 0.25) is 11.0 Å². The Morgan fingerprint density at radius 2 is 2.11 bits per heavy atom. The number of amides is 1. The van der Waals surface area contributed by atoms with Crippen LogP contribution >= 0.6 is 11.8 Å². The van der Waals surface area contributed by atoms with Gasteiger partial charge in [-0.25, -0.2) is 12.7 Å². The molecule has 102 valence electrons. The maximum Gasteiger partial charge on any atom is 0.275 e. The predicted molar refractivity (Wildman–Crippen MR) is 69.8 cm³/mol. The van der Waals surface area contributed by atoms with Gasteiger partial charge in [-0.3, -0.25) is 4.79 Å². The normalized spacial score (nSPS) is 11.8. The van der Waals surface area contributed by atoms with Crippen molar-refractivity contribution in [1.82, 2.24) is 9.62 Å². The maximum absolute atomic E-state index is 11.7. The number of furan rings is 1. The summed E-state index contributed by atoms with van der Waals surface area (Å²) >= 11 is 1.36. The molecule has 18 heavy (non-hydrogen) atoms. The van der Waals surface area contributed by atoms with E-state index in [-0.39, 0.29) is 11.0 Å². The van der Waals surface area contributed by atoms with Crippen molar-refractivity contribution in [3.05, 3.63) is 17.9 Å². The average Bonchev–Trinajstić information content (AvgIpc) is 2.77. The molecule has 0 aromatic carbocycles. The van der Waals surface area contributed by atoms with E-state index in [0.717, 1.165) is 4.31 Å². The van der Waals surface area contributed by atoms with Gasteiger partial charge >= 0.3 is 0 Å². The molecular weight excluding hydrogens is 276 g/mol. The summed E-state index contributed by atoms with van der Waals surface area (Å²) < 4.78 is 29.8. The Kier molecular flexibility index (Phi) is 5.24. The van der Waals surface area contributed by atoms with Crippen molar-refractivity contribution in [2.45, 2.75) is 10.8 Å². The first-order chi connectivity index (χ1) is 8.37. The molecule has 0 unspecified atom stereocenters. The molecule has 0 saturated carbocycles. The van der Waals surface area contributed by atoms with E-state index in [0.29, 0.717) is 17.3 Å². The van der Waals surface area contributed by atoms with Crippen molar-refractivity contribution in [2.24, 2.45) is 0 Å². The summed E-state index contributed by atoms with van der Waals surface area (Å²) in [6.45, 7) is 0. The second-order valence-electron chi connectivity index (χ2n) is 3.67. The van der Waals surface area contributed by atoms with E-state index in [9.17, 15) is 13.2 Å². The summed E-state index contributed by atoms with van der Waals surface area (Å²) in [6, 6.07) is 3.03. The summed E-state index contributed by atoms with van der Waals surface area (Å²) in [7, 11) is 0.928. The molecule has 6 nitrogen and oxygen atoms in total. The molecule has 0 atom stereocenters. The van der Waals surface area contributed by atoms with Gasteiger partial charge in [-0.05, 0) is 12.1 Å². The van der Waals surface area contributed by atoms with E-state index in [4.69, 9.17) is 4.42 Å². The van der Waals surface area contributed by atoms with Gasteiger partial charge in [0.15, 0.2) is 0 Å². The van der Waals surface area contributed by atoms with Gasteiger partial charge < -0.3 is 9.73 Å². The Labute approximate surface area is 111 Å². The van der Waals surface area contributed by atoms with Crippen molar-refractivity contribution in [3.63, 3.8) is 0 Å². The van der Waals surface area contributed by atoms with Crippen LogP contribution in [0.2, 0.25) is 0 Å². The van der Waals surface area contributed by atoms with Gasteiger partial charge in [0.25, 0.3) is 10.0 Å². The van der Waals surface area contributed by atoms with Gasteiger partial charge in [0.1, 0.15) is 5.76 Å². The van der Waals surface area contributed by atoms with Crippen LogP contribution in [0, 0.1) is 0 Å². The SMILES string of the molecule is CNC(=O)CSCc1ccc(S(=O)(=O)N(C)C)o1. The number of nitrogens with zero attached hydrogens (tertiary/aromatic N) is 1. The third-order valence-corrected chi connectivity index (χ3v) is 4.77. The summed E-state index contributed by atoms with van der Waals surface area (Å²) in [6.07, 6.45) is 0. The lowest BCUT2D eigenvalue weighted by Gasteiger charge is -2.07. The van der Waals surface area contributed by atoms with Crippen molar-refractivity contribution in [2.75, 3.05) is 26.9 Å². The summed E-state index contributed by atoms with van der Waals surface area (Å²) in [5.41, 5.74) is 0. The van der Waals surface area contributed by atoms with Crippen LogP contribution in [-0.4, -0.2) is 45.5 Å². The molecule has 8 heteroatoms. The van der Waals surface area contributed by atoms with Crippen LogP contribution in [0.1, 0.15) is 5.76 Å². The fourth-order valence-electron chi connectivity index (χ4n) is 1.07. The van der Waals surface area contributed by atoms with Crippen LogP contribution in [0.15, 0.2) is 21.6 Å². The van der Waals surface area contributed by atoms with Crippen molar-refractivity contribution < 1.29 is 17.6 Å². The minimum atomic E-state index is -3.52. The van der Waals surface area contributed by atoms with Gasteiger partial charge in [0, 0.05) is 21.1 Å². The fraction of sp³-hybridized carbons (Fsp3) is 0.500. The van der Waals surface area contributed by atoms with Gasteiger partial charge in [0.05, 0.1) is 11.5 Å². The van der Waals surface area contributed by atoms with Crippen LogP contribution in [0.3, 0.4) is 0 Å². The molecule has 0 aliphatic carbocycles. The molecule has 1 rings (SSSR count). The smallest absolute Gasteiger partial charge is 0.275 e. The van der Waals surface area contributed by atoms with Crippen LogP contribution in [0.25, 0.3) is 0 Å². The molecule has 1 aromatic rings. The standard InChI is InChI=1S/C10H16N2O4S2/c1-11-9(13)7-17-6-8-4-5-10(16-8)18(14,15)12(2)3/h4-5H,6-7H2,1-3H3,(H,11,13). The lowest BCUT2D eigenvalue weighted by Crippen LogP contribution is -2.21. The Hall–Kier alpha value is -0.990. The molecule has 0 radical (unpaired) electrons. The van der Waals surface area contributed by atoms with Gasteiger partial charge in [-0.1, -0.05) is 0 Å². The van der Waals surface area contributed by atoms with E-state index in [1.54, 1.807) is 13.1 Å². The van der Waals surface area contributed by atoms with Crippen molar-refractivity contribution >= 4 is 27.7 Å². The minimum Gasteiger partial charge on any atom is -0.447 e. The number of hydrogen-bond acceptors (Lipinski definition) is 5. The summed E-state index contributed by atoms with van der Waals surface area (Å²) in [5, 5.41) is 2.42. The second-order valence-corrected chi connectivity index (χ2v) is 6.74. The number of hydrogen-bond donors (Lipinski definition) is 1. The van der Waals surface area contributed by atoms with Gasteiger partial charge in [-0.15, -0.1) is 11.8 Å². The largest absolute Gasteiger partial charge is 0.447 e. The number of carbonyl (C=O) groups is 1. The molecule has 0 fully saturated rings. The highest BCUT2D eigenvalue weighted by Crippen LogP contribution is 2.20. The van der Waals surface area contributed by atoms with E-state index < -0.39 is 10.0 Å². The topological polar surface area (TPSA) is 79.6 Å². The number of thioether (sulfide) groups is 1. The second kappa shape index (κ2) is 6.26. The van der Waals surface area contributed by atoms with E-state index in [1.807, 2.05) is 0 Å². The number of sulfonamides is 1. The zero-order valence-corrected chi connectivity index (χ0v) is 12.1. The van der Waals surface area contributed by atoms with Crippen molar-refractivity contribution in [3.8, 4) is 0 Å². The first kappa shape index (κ1) is 15.1. The molecule has 0 aliphatic rings. The molecule has 1 heterocycles. The first-order valence-corrected chi connectivity index (χ1v) is 7.77. The molecule has 0 bridgehead atoms. The quantitative estimate of drug-likeness (QED) is 0.826. The Morgan fingerprint density at radius 1 is 1.44 bits per heavy atom. The lowest BCUT2D eigenvalue weighted by atomic mass is 10.5. The Morgan fingerprint density at radius 3 is 2.67 bits per heavy atom. The molecule has 1 amide bonds. The zero-order chi connectivity index (χ0) is 13.8. The minimum absolute atomic E-state index is 0.0762. The summed E-state index contributed by atoms with van der Waals surface area (Å²) in [4.78, 5) is 11.0. The highest BCUT2D eigenvalue weighted by atomic mass is 32.2. The van der Waals surface area contributed by atoms with Crippen LogP contribution in [0.5, 0.6) is 0 Å².